The average molecular weight is 307 g/mol. The van der Waals surface area contributed by atoms with Crippen LogP contribution in [0.4, 0.5) is 5.69 Å². The second kappa shape index (κ2) is 5.27. The number of nitrogens with one attached hydrogen (secondary N) is 1. The molecule has 18 heavy (non-hydrogen) atoms. The van der Waals surface area contributed by atoms with Crippen molar-refractivity contribution in [1.82, 2.24) is 4.98 Å². The van der Waals surface area contributed by atoms with Crippen LogP contribution in [0.2, 0.25) is 0 Å². The molecule has 1 aromatic heterocycles. The summed E-state index contributed by atoms with van der Waals surface area (Å²) in [7, 11) is 0. The van der Waals surface area contributed by atoms with Crippen LogP contribution in [0.1, 0.15) is 30.2 Å². The van der Waals surface area contributed by atoms with E-state index < -0.39 is 0 Å². The van der Waals surface area contributed by atoms with Gasteiger partial charge in [-0.3, -0.25) is 4.98 Å². The molecule has 2 aromatic rings. The van der Waals surface area contributed by atoms with Crippen LogP contribution in [0.5, 0.6) is 0 Å². The summed E-state index contributed by atoms with van der Waals surface area (Å²) in [6, 6.07) is 4.30. The zero-order valence-electron chi connectivity index (χ0n) is 11.4. The Morgan fingerprint density at radius 1 is 1.22 bits per heavy atom. The molecule has 0 saturated carbocycles. The third kappa shape index (κ3) is 2.24. The molecule has 3 heteroatoms. The van der Waals surface area contributed by atoms with E-state index in [-0.39, 0.29) is 0 Å². The summed E-state index contributed by atoms with van der Waals surface area (Å²) >= 11 is 3.65. The van der Waals surface area contributed by atoms with E-state index in [1.54, 1.807) is 0 Å². The molecule has 0 aliphatic carbocycles. The van der Waals surface area contributed by atoms with Crippen LogP contribution in [-0.2, 0) is 0 Å². The maximum atomic E-state index is 4.72. The number of rotatable bonds is 3. The monoisotopic (exact) mass is 306 g/mol. The van der Waals surface area contributed by atoms with E-state index >= 15 is 0 Å². The number of aryl methyl sites for hydroxylation is 2. The van der Waals surface area contributed by atoms with Gasteiger partial charge in [0, 0.05) is 27.8 Å². The van der Waals surface area contributed by atoms with Crippen LogP contribution in [0.25, 0.3) is 10.9 Å². The molecule has 0 radical (unpaired) electrons. The average Bonchev–Trinajstić information content (AvgIpc) is 2.35. The van der Waals surface area contributed by atoms with Crippen molar-refractivity contribution in [2.75, 3.05) is 11.9 Å². The molecular weight excluding hydrogens is 288 g/mol. The van der Waals surface area contributed by atoms with Crippen LogP contribution in [0.3, 0.4) is 0 Å². The molecule has 0 atom stereocenters. The van der Waals surface area contributed by atoms with E-state index in [1.807, 2.05) is 0 Å². The van der Waals surface area contributed by atoms with Gasteiger partial charge in [-0.1, -0.05) is 19.1 Å². The minimum Gasteiger partial charge on any atom is -0.384 e. The lowest BCUT2D eigenvalue weighted by atomic mass is 10.1. The van der Waals surface area contributed by atoms with Gasteiger partial charge in [0.15, 0.2) is 0 Å². The van der Waals surface area contributed by atoms with Gasteiger partial charge in [0.2, 0.25) is 0 Å². The Hall–Kier alpha value is -1.09. The van der Waals surface area contributed by atoms with Crippen molar-refractivity contribution in [3.63, 3.8) is 0 Å². The predicted octanol–water partition coefficient (Wildman–Crippen LogP) is 4.74. The fraction of sp³-hybridized carbons (Fsp3) is 0.400. The highest BCUT2D eigenvalue weighted by atomic mass is 79.9. The largest absolute Gasteiger partial charge is 0.384 e. The summed E-state index contributed by atoms with van der Waals surface area (Å²) in [5.41, 5.74) is 5.83. The van der Waals surface area contributed by atoms with Crippen LogP contribution in [0.15, 0.2) is 16.6 Å². The normalized spacial score (nSPS) is 10.9. The number of hydrogen-bond acceptors (Lipinski definition) is 2. The van der Waals surface area contributed by atoms with Gasteiger partial charge in [-0.2, -0.15) is 0 Å². The number of hydrogen-bond donors (Lipinski definition) is 1. The van der Waals surface area contributed by atoms with Gasteiger partial charge in [-0.25, -0.2) is 0 Å². The van der Waals surface area contributed by atoms with Crippen molar-refractivity contribution in [2.45, 2.75) is 34.1 Å². The Kier molecular flexibility index (Phi) is 3.91. The first-order chi connectivity index (χ1) is 8.56. The highest BCUT2D eigenvalue weighted by Gasteiger charge is 2.12. The van der Waals surface area contributed by atoms with E-state index in [0.717, 1.165) is 28.6 Å². The van der Waals surface area contributed by atoms with Gasteiger partial charge in [0.25, 0.3) is 0 Å². The van der Waals surface area contributed by atoms with Gasteiger partial charge < -0.3 is 5.32 Å². The van der Waals surface area contributed by atoms with Gasteiger partial charge in [-0.15, -0.1) is 0 Å². The Morgan fingerprint density at radius 2 is 1.94 bits per heavy atom. The summed E-state index contributed by atoms with van der Waals surface area (Å²) in [6.07, 6.45) is 1.12. The minimum absolute atomic E-state index is 0.991. The summed E-state index contributed by atoms with van der Waals surface area (Å²) in [4.78, 5) is 4.72. The maximum Gasteiger partial charge on any atom is 0.0870 e. The number of nitrogens with zero attached hydrogens (tertiary/aromatic N) is 1. The smallest absolute Gasteiger partial charge is 0.0870 e. The molecule has 0 amide bonds. The summed E-state index contributed by atoms with van der Waals surface area (Å²) in [5, 5.41) is 4.73. The van der Waals surface area contributed by atoms with Crippen LogP contribution in [0, 0.1) is 20.8 Å². The molecule has 0 saturated heterocycles. The Bertz CT molecular complexity index is 591. The van der Waals surface area contributed by atoms with Crippen LogP contribution >= 0.6 is 15.9 Å². The molecule has 1 heterocycles. The SMILES string of the molecule is CCCNc1c(C)c(C)nc2c(Br)c(C)ccc12. The quantitative estimate of drug-likeness (QED) is 0.885. The third-order valence-corrected chi connectivity index (χ3v) is 4.33. The number of anilines is 1. The van der Waals surface area contributed by atoms with Gasteiger partial charge in [-0.05, 0) is 54.2 Å². The molecule has 1 N–H and O–H groups in total. The van der Waals surface area contributed by atoms with Gasteiger partial charge >= 0.3 is 0 Å². The number of halogens is 1. The van der Waals surface area contributed by atoms with E-state index in [2.05, 4.69) is 61.1 Å². The van der Waals surface area contributed by atoms with E-state index in [1.165, 1.54) is 22.2 Å². The number of aromatic nitrogens is 1. The lowest BCUT2D eigenvalue weighted by Crippen LogP contribution is -2.05. The van der Waals surface area contributed by atoms with E-state index in [0.29, 0.717) is 0 Å². The molecule has 96 valence electrons. The van der Waals surface area contributed by atoms with E-state index in [9.17, 15) is 0 Å². The lowest BCUT2D eigenvalue weighted by molar-refractivity contribution is 0.977. The molecule has 0 unspecified atom stereocenters. The topological polar surface area (TPSA) is 24.9 Å². The molecule has 2 rings (SSSR count). The van der Waals surface area contributed by atoms with Crippen molar-refractivity contribution in [3.05, 3.63) is 33.4 Å². The zero-order valence-corrected chi connectivity index (χ0v) is 13.0. The van der Waals surface area contributed by atoms with Crippen molar-refractivity contribution < 1.29 is 0 Å². The van der Waals surface area contributed by atoms with Crippen LogP contribution < -0.4 is 5.32 Å². The number of fused-ring (bicyclic) bond motifs is 1. The van der Waals surface area contributed by atoms with Gasteiger partial charge in [0.05, 0.1) is 5.52 Å². The summed E-state index contributed by atoms with van der Waals surface area (Å²) < 4.78 is 1.10. The van der Waals surface area contributed by atoms with Crippen molar-refractivity contribution in [1.29, 1.82) is 0 Å². The molecular formula is C15H19BrN2. The maximum absolute atomic E-state index is 4.72. The van der Waals surface area contributed by atoms with E-state index in [4.69, 9.17) is 4.98 Å². The molecule has 0 fully saturated rings. The second-order valence-corrected chi connectivity index (χ2v) is 5.51. The highest BCUT2D eigenvalue weighted by Crippen LogP contribution is 2.33. The standard InChI is InChI=1S/C15H19BrN2/c1-5-8-17-14-10(3)11(4)18-15-12(14)7-6-9(2)13(15)16/h6-7H,5,8H2,1-4H3,(H,17,18). The molecule has 1 aromatic carbocycles. The zero-order chi connectivity index (χ0) is 13.3. The Balaban J connectivity index is 2.73. The summed E-state index contributed by atoms with van der Waals surface area (Å²) in [6.45, 7) is 9.47. The molecule has 0 spiro atoms. The minimum atomic E-state index is 0.991. The van der Waals surface area contributed by atoms with Crippen LogP contribution in [-0.4, -0.2) is 11.5 Å². The second-order valence-electron chi connectivity index (χ2n) is 4.72. The fourth-order valence-corrected chi connectivity index (χ4v) is 2.52. The first-order valence-electron chi connectivity index (χ1n) is 6.36. The molecule has 2 nitrogen and oxygen atoms in total. The molecule has 0 aliphatic heterocycles. The van der Waals surface area contributed by atoms with Crippen molar-refractivity contribution in [2.24, 2.45) is 0 Å². The highest BCUT2D eigenvalue weighted by molar-refractivity contribution is 9.10. The van der Waals surface area contributed by atoms with Gasteiger partial charge in [0.1, 0.15) is 0 Å². The predicted molar refractivity (Wildman–Crippen MR) is 82.4 cm³/mol. The number of pyridine rings is 1. The van der Waals surface area contributed by atoms with Crippen molar-refractivity contribution in [3.8, 4) is 0 Å². The third-order valence-electron chi connectivity index (χ3n) is 3.33. The molecule has 0 bridgehead atoms. The summed E-state index contributed by atoms with van der Waals surface area (Å²) in [5.74, 6) is 0. The Morgan fingerprint density at radius 3 is 2.61 bits per heavy atom. The first kappa shape index (κ1) is 13.3. The molecule has 0 aliphatic rings. The lowest BCUT2D eigenvalue weighted by Gasteiger charge is -2.15. The first-order valence-corrected chi connectivity index (χ1v) is 7.15. The fourth-order valence-electron chi connectivity index (χ4n) is 2.09. The number of benzene rings is 1. The van der Waals surface area contributed by atoms with Crippen molar-refractivity contribution >= 4 is 32.5 Å². The Labute approximate surface area is 117 Å².